The number of fused-ring (bicyclic) bond motifs is 13. The standard InChI is InChI=1S/C63H39NO2/c1-3-18-43(19-4-1)63(44-20-5-2-6-21-44)54-26-13-11-25-49(54)50-36-33-45(39-55(50)63)64(57-28-15-29-59-60(57)52-35-31-41-17-8-10-24-48(41)62(52)66-59)56-27-14-12-22-46(56)42-32-37-58-53(38-42)51-34-30-40-16-7-9-23-47(40)61(51)65-58/h1-39H. The van der Waals surface area contributed by atoms with Crippen LogP contribution in [0.1, 0.15) is 22.3 Å². The first-order valence-corrected chi connectivity index (χ1v) is 22.7. The molecule has 11 aromatic carbocycles. The third kappa shape index (κ3) is 5.20. The Kier molecular flexibility index (Phi) is 7.90. The normalized spacial score (nSPS) is 13.0. The molecule has 0 atom stereocenters. The average Bonchev–Trinajstić information content (AvgIpc) is 4.06. The topological polar surface area (TPSA) is 29.5 Å². The number of anilines is 3. The Morgan fingerprint density at radius 2 is 0.924 bits per heavy atom. The maximum atomic E-state index is 6.88. The summed E-state index contributed by atoms with van der Waals surface area (Å²) < 4.78 is 13.5. The lowest BCUT2D eigenvalue weighted by Crippen LogP contribution is -2.28. The number of rotatable bonds is 6. The maximum Gasteiger partial charge on any atom is 0.143 e. The van der Waals surface area contributed by atoms with Crippen molar-refractivity contribution in [3.8, 4) is 22.3 Å². The Bertz CT molecular complexity index is 4030. The van der Waals surface area contributed by atoms with Crippen molar-refractivity contribution < 1.29 is 8.83 Å². The van der Waals surface area contributed by atoms with E-state index in [4.69, 9.17) is 8.83 Å². The van der Waals surface area contributed by atoms with E-state index >= 15 is 0 Å². The minimum Gasteiger partial charge on any atom is -0.455 e. The second kappa shape index (κ2) is 14.2. The highest BCUT2D eigenvalue weighted by molar-refractivity contribution is 6.20. The predicted octanol–water partition coefficient (Wildman–Crippen LogP) is 17.3. The van der Waals surface area contributed by atoms with E-state index in [0.717, 1.165) is 88.2 Å². The molecule has 2 heterocycles. The highest BCUT2D eigenvalue weighted by Gasteiger charge is 2.46. The molecule has 1 aliphatic carbocycles. The third-order valence-electron chi connectivity index (χ3n) is 14.1. The molecule has 0 bridgehead atoms. The van der Waals surface area contributed by atoms with Gasteiger partial charge in [-0.2, -0.15) is 0 Å². The summed E-state index contributed by atoms with van der Waals surface area (Å²) in [5, 5.41) is 8.89. The number of para-hydroxylation sites is 1. The summed E-state index contributed by atoms with van der Waals surface area (Å²) in [7, 11) is 0. The van der Waals surface area contributed by atoms with Crippen molar-refractivity contribution in [3.05, 3.63) is 259 Å². The van der Waals surface area contributed by atoms with E-state index in [1.807, 2.05) is 0 Å². The number of hydrogen-bond acceptors (Lipinski definition) is 3. The second-order valence-electron chi connectivity index (χ2n) is 17.5. The van der Waals surface area contributed by atoms with Crippen LogP contribution in [0.25, 0.3) is 87.7 Å². The van der Waals surface area contributed by atoms with Crippen LogP contribution in [0.2, 0.25) is 0 Å². The molecule has 66 heavy (non-hydrogen) atoms. The first kappa shape index (κ1) is 36.8. The van der Waals surface area contributed by atoms with E-state index in [9.17, 15) is 0 Å². The zero-order valence-corrected chi connectivity index (χ0v) is 35.8. The number of hydrogen-bond donors (Lipinski definition) is 0. The van der Waals surface area contributed by atoms with Crippen LogP contribution in [-0.4, -0.2) is 0 Å². The Morgan fingerprint density at radius 3 is 1.68 bits per heavy atom. The fraction of sp³-hybridized carbons (Fsp3) is 0.0159. The first-order chi connectivity index (χ1) is 32.7. The number of nitrogens with zero attached hydrogens (tertiary/aromatic N) is 1. The molecule has 3 nitrogen and oxygen atoms in total. The molecule has 0 spiro atoms. The molecule has 0 fully saturated rings. The average molecular weight is 842 g/mol. The number of benzene rings is 11. The van der Waals surface area contributed by atoms with Crippen molar-refractivity contribution >= 4 is 82.5 Å². The van der Waals surface area contributed by atoms with Crippen LogP contribution in [0.15, 0.2) is 245 Å². The molecule has 0 saturated heterocycles. The monoisotopic (exact) mass is 841 g/mol. The van der Waals surface area contributed by atoms with Crippen LogP contribution in [0.5, 0.6) is 0 Å². The van der Waals surface area contributed by atoms with Gasteiger partial charge in [0.1, 0.15) is 22.3 Å². The van der Waals surface area contributed by atoms with Crippen LogP contribution in [-0.2, 0) is 5.41 Å². The number of furan rings is 2. The van der Waals surface area contributed by atoms with Crippen LogP contribution >= 0.6 is 0 Å². The molecule has 3 heteroatoms. The van der Waals surface area contributed by atoms with Crippen molar-refractivity contribution in [2.45, 2.75) is 5.41 Å². The molecule has 0 amide bonds. The lowest BCUT2D eigenvalue weighted by Gasteiger charge is -2.35. The molecule has 308 valence electrons. The van der Waals surface area contributed by atoms with Gasteiger partial charge in [0.2, 0.25) is 0 Å². The SMILES string of the molecule is c1ccc(C2(c3ccccc3)c3ccccc3-c3ccc(N(c4ccccc4-c4ccc5oc6c7ccccc7ccc6c5c4)c4cccc5oc6c7ccccc7ccc6c45)cc32)cc1. The van der Waals surface area contributed by atoms with Crippen molar-refractivity contribution in [1.82, 2.24) is 0 Å². The Hall–Kier alpha value is -8.66. The lowest BCUT2D eigenvalue weighted by atomic mass is 9.67. The minimum absolute atomic E-state index is 0.569. The Balaban J connectivity index is 1.06. The van der Waals surface area contributed by atoms with E-state index < -0.39 is 5.41 Å². The van der Waals surface area contributed by atoms with Crippen molar-refractivity contribution in [2.75, 3.05) is 4.90 Å². The maximum absolute atomic E-state index is 6.88. The first-order valence-electron chi connectivity index (χ1n) is 22.7. The fourth-order valence-electron chi connectivity index (χ4n) is 11.3. The molecule has 1 aliphatic rings. The highest BCUT2D eigenvalue weighted by Crippen LogP contribution is 2.58. The molecule has 0 saturated carbocycles. The van der Waals surface area contributed by atoms with Gasteiger partial charge in [-0.3, -0.25) is 0 Å². The molecule has 13 aromatic rings. The van der Waals surface area contributed by atoms with Gasteiger partial charge in [0.15, 0.2) is 0 Å². The van der Waals surface area contributed by atoms with Crippen LogP contribution in [0, 0.1) is 0 Å². The Morgan fingerprint density at radius 1 is 0.333 bits per heavy atom. The van der Waals surface area contributed by atoms with Crippen LogP contribution in [0.3, 0.4) is 0 Å². The van der Waals surface area contributed by atoms with Gasteiger partial charge >= 0.3 is 0 Å². The molecule has 0 radical (unpaired) electrons. The summed E-state index contributed by atoms with van der Waals surface area (Å²) in [6, 6.07) is 85.9. The fourth-order valence-corrected chi connectivity index (χ4v) is 11.3. The smallest absolute Gasteiger partial charge is 0.143 e. The lowest BCUT2D eigenvalue weighted by molar-refractivity contribution is 0.672. The predicted molar refractivity (Wildman–Crippen MR) is 273 cm³/mol. The van der Waals surface area contributed by atoms with Gasteiger partial charge in [0.25, 0.3) is 0 Å². The van der Waals surface area contributed by atoms with Gasteiger partial charge < -0.3 is 13.7 Å². The summed E-state index contributed by atoms with van der Waals surface area (Å²) >= 11 is 0. The van der Waals surface area contributed by atoms with Crippen molar-refractivity contribution in [2.24, 2.45) is 0 Å². The van der Waals surface area contributed by atoms with Crippen molar-refractivity contribution in [3.63, 3.8) is 0 Å². The summed E-state index contributed by atoms with van der Waals surface area (Å²) in [6.07, 6.45) is 0. The molecule has 0 N–H and O–H groups in total. The zero-order chi connectivity index (χ0) is 43.3. The summed E-state index contributed by atoms with van der Waals surface area (Å²) in [6.45, 7) is 0. The molecule has 0 aliphatic heterocycles. The third-order valence-corrected chi connectivity index (χ3v) is 14.1. The summed E-state index contributed by atoms with van der Waals surface area (Å²) in [4.78, 5) is 2.47. The second-order valence-corrected chi connectivity index (χ2v) is 17.5. The van der Waals surface area contributed by atoms with Gasteiger partial charge in [-0.1, -0.05) is 182 Å². The van der Waals surface area contributed by atoms with E-state index in [1.54, 1.807) is 0 Å². The zero-order valence-electron chi connectivity index (χ0n) is 35.8. The molecule has 2 aromatic heterocycles. The van der Waals surface area contributed by atoms with Gasteiger partial charge in [0.05, 0.1) is 22.2 Å². The van der Waals surface area contributed by atoms with Gasteiger partial charge in [-0.25, -0.2) is 0 Å². The van der Waals surface area contributed by atoms with E-state index in [1.165, 1.54) is 38.8 Å². The molecular weight excluding hydrogens is 803 g/mol. The van der Waals surface area contributed by atoms with Crippen LogP contribution in [0.4, 0.5) is 17.1 Å². The van der Waals surface area contributed by atoms with E-state index in [0.29, 0.717) is 0 Å². The van der Waals surface area contributed by atoms with Gasteiger partial charge in [-0.05, 0) is 104 Å². The van der Waals surface area contributed by atoms with Gasteiger partial charge in [0, 0.05) is 38.2 Å². The minimum atomic E-state index is -0.569. The van der Waals surface area contributed by atoms with Crippen LogP contribution < -0.4 is 4.90 Å². The summed E-state index contributed by atoms with van der Waals surface area (Å²) in [5.74, 6) is 0. The summed E-state index contributed by atoms with van der Waals surface area (Å²) in [5.41, 5.74) is 15.8. The quantitative estimate of drug-likeness (QED) is 0.167. The van der Waals surface area contributed by atoms with E-state index in [2.05, 4.69) is 241 Å². The van der Waals surface area contributed by atoms with E-state index in [-0.39, 0.29) is 0 Å². The molecule has 14 rings (SSSR count). The Labute approximate surface area is 381 Å². The molecule has 0 unspecified atom stereocenters. The largest absolute Gasteiger partial charge is 0.455 e. The molecular formula is C63H39NO2. The highest BCUT2D eigenvalue weighted by atomic mass is 16.3. The van der Waals surface area contributed by atoms with Crippen molar-refractivity contribution in [1.29, 1.82) is 0 Å². The van der Waals surface area contributed by atoms with Gasteiger partial charge in [-0.15, -0.1) is 0 Å².